The first-order valence-electron chi connectivity index (χ1n) is 9.81. The molecule has 7 heteroatoms. The van der Waals surface area contributed by atoms with Gasteiger partial charge in [0.1, 0.15) is 4.83 Å². The minimum atomic E-state index is -0.369. The molecule has 1 unspecified atom stereocenters. The molecule has 3 aromatic rings. The zero-order valence-corrected chi connectivity index (χ0v) is 19.4. The van der Waals surface area contributed by atoms with E-state index in [1.807, 2.05) is 71.9 Å². The van der Waals surface area contributed by atoms with Crippen molar-refractivity contribution < 1.29 is 4.79 Å². The van der Waals surface area contributed by atoms with Gasteiger partial charge in [0.25, 0.3) is 5.56 Å². The number of thioether (sulfide) groups is 1. The van der Waals surface area contributed by atoms with E-state index in [9.17, 15) is 9.59 Å². The van der Waals surface area contributed by atoms with Crippen molar-refractivity contribution in [2.75, 3.05) is 11.4 Å². The van der Waals surface area contributed by atoms with E-state index in [1.54, 1.807) is 9.47 Å². The number of benzene rings is 1. The lowest BCUT2D eigenvalue weighted by Gasteiger charge is -2.25. The number of aromatic nitrogens is 2. The minimum absolute atomic E-state index is 0.00638. The third kappa shape index (κ3) is 4.12. The molecule has 0 bridgehead atoms. The molecule has 0 aliphatic carbocycles. The van der Waals surface area contributed by atoms with Crippen molar-refractivity contribution in [3.63, 3.8) is 0 Å². The lowest BCUT2D eigenvalue weighted by molar-refractivity contribution is -0.117. The van der Waals surface area contributed by atoms with Gasteiger partial charge in [-0.2, -0.15) is 0 Å². The molecule has 1 amide bonds. The summed E-state index contributed by atoms with van der Waals surface area (Å²) in [6.45, 7) is 12.4. The molecule has 0 spiro atoms. The van der Waals surface area contributed by atoms with Gasteiger partial charge >= 0.3 is 0 Å². The van der Waals surface area contributed by atoms with Crippen LogP contribution in [0.5, 0.6) is 0 Å². The van der Waals surface area contributed by atoms with Gasteiger partial charge in [0.15, 0.2) is 5.16 Å². The normalized spacial score (nSPS) is 12.5. The summed E-state index contributed by atoms with van der Waals surface area (Å²) in [6, 6.07) is 9.62. The van der Waals surface area contributed by atoms with E-state index < -0.39 is 0 Å². The number of para-hydroxylation sites is 1. The van der Waals surface area contributed by atoms with Crippen LogP contribution in [0.15, 0.2) is 40.3 Å². The number of rotatable bonds is 6. The Morgan fingerprint density at radius 3 is 2.45 bits per heavy atom. The zero-order valence-electron chi connectivity index (χ0n) is 17.7. The molecule has 3 rings (SSSR count). The van der Waals surface area contributed by atoms with E-state index in [2.05, 4.69) is 0 Å². The van der Waals surface area contributed by atoms with Crippen molar-refractivity contribution in [3.8, 4) is 0 Å². The first-order chi connectivity index (χ1) is 13.8. The van der Waals surface area contributed by atoms with Crippen LogP contribution in [0.1, 0.15) is 44.2 Å². The summed E-state index contributed by atoms with van der Waals surface area (Å²) in [6.07, 6.45) is 0. The number of carbonyl (C=O) groups is 1. The number of hydrogen-bond donors (Lipinski definition) is 0. The number of nitrogens with zero attached hydrogens (tertiary/aromatic N) is 3. The van der Waals surface area contributed by atoms with Crippen LogP contribution < -0.4 is 10.5 Å². The lowest BCUT2D eigenvalue weighted by Crippen LogP contribution is -2.37. The van der Waals surface area contributed by atoms with Crippen LogP contribution in [0.25, 0.3) is 10.2 Å². The fourth-order valence-electron chi connectivity index (χ4n) is 3.33. The molecule has 1 atom stereocenters. The largest absolute Gasteiger partial charge is 0.312 e. The number of thiophene rings is 1. The quantitative estimate of drug-likeness (QED) is 0.400. The summed E-state index contributed by atoms with van der Waals surface area (Å²) in [5.74, 6) is 0.00638. The molecule has 1 aromatic carbocycles. The molecule has 2 aromatic heterocycles. The molecule has 5 nitrogen and oxygen atoms in total. The van der Waals surface area contributed by atoms with Crippen LogP contribution in [0.3, 0.4) is 0 Å². The molecule has 29 heavy (non-hydrogen) atoms. The maximum absolute atomic E-state index is 13.2. The maximum atomic E-state index is 13.2. The first kappa shape index (κ1) is 21.6. The van der Waals surface area contributed by atoms with Crippen molar-refractivity contribution in [2.45, 2.75) is 58.0 Å². The summed E-state index contributed by atoms with van der Waals surface area (Å²) in [4.78, 5) is 34.8. The number of hydrogen-bond acceptors (Lipinski definition) is 5. The Bertz CT molecular complexity index is 1090. The summed E-state index contributed by atoms with van der Waals surface area (Å²) in [5.41, 5.74) is 1.85. The zero-order chi connectivity index (χ0) is 21.3. The Labute approximate surface area is 179 Å². The van der Waals surface area contributed by atoms with E-state index in [0.717, 1.165) is 21.0 Å². The smallest absolute Gasteiger partial charge is 0.263 e. The highest BCUT2D eigenvalue weighted by molar-refractivity contribution is 8.00. The Kier molecular flexibility index (Phi) is 6.49. The number of carbonyl (C=O) groups excluding carboxylic acids is 1. The van der Waals surface area contributed by atoms with Crippen molar-refractivity contribution in [3.05, 3.63) is 51.1 Å². The van der Waals surface area contributed by atoms with Crippen molar-refractivity contribution in [1.29, 1.82) is 0 Å². The summed E-state index contributed by atoms with van der Waals surface area (Å²) in [7, 11) is 0. The van der Waals surface area contributed by atoms with E-state index in [4.69, 9.17) is 4.98 Å². The van der Waals surface area contributed by atoms with E-state index in [1.165, 1.54) is 23.1 Å². The Morgan fingerprint density at radius 1 is 1.21 bits per heavy atom. The van der Waals surface area contributed by atoms with Crippen molar-refractivity contribution in [1.82, 2.24) is 9.55 Å². The van der Waals surface area contributed by atoms with Crippen LogP contribution >= 0.6 is 23.1 Å². The molecule has 154 valence electrons. The van der Waals surface area contributed by atoms with Gasteiger partial charge in [-0.05, 0) is 59.2 Å². The van der Waals surface area contributed by atoms with Gasteiger partial charge < -0.3 is 4.90 Å². The Balaban J connectivity index is 1.99. The molecular formula is C22H27N3O2S2. The van der Waals surface area contributed by atoms with E-state index in [-0.39, 0.29) is 22.8 Å². The molecule has 0 saturated carbocycles. The molecule has 0 radical (unpaired) electrons. The average molecular weight is 430 g/mol. The third-order valence-electron chi connectivity index (χ3n) is 5.00. The molecule has 0 N–H and O–H groups in total. The summed E-state index contributed by atoms with van der Waals surface area (Å²) >= 11 is 2.89. The highest BCUT2D eigenvalue weighted by Crippen LogP contribution is 2.31. The lowest BCUT2D eigenvalue weighted by atomic mass is 10.2. The molecular weight excluding hydrogens is 402 g/mol. The molecule has 0 fully saturated rings. The SMILES string of the molecule is CCN(C(=O)C(C)Sc1nc2sc(C)c(C)c2c(=O)n1C(C)C)c1ccccc1. The Morgan fingerprint density at radius 2 is 1.86 bits per heavy atom. The predicted molar refractivity (Wildman–Crippen MR) is 124 cm³/mol. The second-order valence-electron chi connectivity index (χ2n) is 7.30. The minimum Gasteiger partial charge on any atom is -0.312 e. The van der Waals surface area contributed by atoms with Crippen LogP contribution in [-0.2, 0) is 4.79 Å². The first-order valence-corrected chi connectivity index (χ1v) is 11.5. The standard InChI is InChI=1S/C22H27N3O2S2/c1-7-24(17-11-9-8-10-12-17)20(26)16(6)29-22-23-19-18(14(4)15(5)28-19)21(27)25(22)13(2)3/h8-13,16H,7H2,1-6H3. The third-order valence-corrected chi connectivity index (χ3v) is 7.15. The molecule has 0 saturated heterocycles. The second kappa shape index (κ2) is 8.71. The average Bonchev–Trinajstić information content (AvgIpc) is 2.96. The fourth-order valence-corrected chi connectivity index (χ4v) is 5.50. The number of amides is 1. The van der Waals surface area contributed by atoms with E-state index >= 15 is 0 Å². The topological polar surface area (TPSA) is 55.2 Å². The van der Waals surface area contributed by atoms with Gasteiger partial charge in [0.2, 0.25) is 5.91 Å². The van der Waals surface area contributed by atoms with Gasteiger partial charge in [-0.1, -0.05) is 30.0 Å². The number of aryl methyl sites for hydroxylation is 2. The second-order valence-corrected chi connectivity index (χ2v) is 9.82. The predicted octanol–water partition coefficient (Wildman–Crippen LogP) is 5.19. The highest BCUT2D eigenvalue weighted by Gasteiger charge is 2.25. The maximum Gasteiger partial charge on any atom is 0.263 e. The van der Waals surface area contributed by atoms with Crippen molar-refractivity contribution >= 4 is 44.9 Å². The van der Waals surface area contributed by atoms with Gasteiger partial charge in [-0.25, -0.2) is 4.98 Å². The number of anilines is 1. The molecule has 0 aliphatic heterocycles. The van der Waals surface area contributed by atoms with Crippen LogP contribution in [0.4, 0.5) is 5.69 Å². The Hall–Kier alpha value is -2.12. The van der Waals surface area contributed by atoms with Crippen LogP contribution in [-0.4, -0.2) is 27.3 Å². The fraction of sp³-hybridized carbons (Fsp3) is 0.409. The number of fused-ring (bicyclic) bond motifs is 1. The van der Waals surface area contributed by atoms with Gasteiger partial charge in [-0.15, -0.1) is 11.3 Å². The molecule has 2 heterocycles. The van der Waals surface area contributed by atoms with Crippen molar-refractivity contribution in [2.24, 2.45) is 0 Å². The van der Waals surface area contributed by atoms with E-state index in [0.29, 0.717) is 17.1 Å². The van der Waals surface area contributed by atoms with Crippen LogP contribution in [0.2, 0.25) is 0 Å². The highest BCUT2D eigenvalue weighted by atomic mass is 32.2. The monoisotopic (exact) mass is 429 g/mol. The summed E-state index contributed by atoms with van der Waals surface area (Å²) < 4.78 is 1.72. The van der Waals surface area contributed by atoms with Gasteiger partial charge in [0, 0.05) is 23.2 Å². The molecule has 0 aliphatic rings. The van der Waals surface area contributed by atoms with Gasteiger partial charge in [0.05, 0.1) is 10.6 Å². The summed E-state index contributed by atoms with van der Waals surface area (Å²) in [5, 5.41) is 0.930. The van der Waals surface area contributed by atoms with Crippen LogP contribution in [0, 0.1) is 13.8 Å². The van der Waals surface area contributed by atoms with Gasteiger partial charge in [-0.3, -0.25) is 14.2 Å².